The minimum Gasteiger partial charge on any atom is -0.359 e. The van der Waals surface area contributed by atoms with Gasteiger partial charge in [0.1, 0.15) is 18.4 Å². The van der Waals surface area contributed by atoms with Gasteiger partial charge in [-0.1, -0.05) is 24.2 Å². The van der Waals surface area contributed by atoms with Gasteiger partial charge in [-0.2, -0.15) is 4.98 Å². The van der Waals surface area contributed by atoms with Crippen LogP contribution < -0.4 is 10.6 Å². The van der Waals surface area contributed by atoms with E-state index in [9.17, 15) is 14.0 Å². The number of aryl methyl sites for hydroxylation is 1. The molecule has 0 aliphatic carbocycles. The van der Waals surface area contributed by atoms with Crippen molar-refractivity contribution in [2.24, 2.45) is 0 Å². The summed E-state index contributed by atoms with van der Waals surface area (Å²) >= 11 is 7.75. The quantitative estimate of drug-likeness (QED) is 0.333. The molecule has 0 saturated carbocycles. The molecule has 1 saturated heterocycles. The highest BCUT2D eigenvalue weighted by Crippen LogP contribution is 2.44. The number of aromatic nitrogens is 2. The van der Waals surface area contributed by atoms with Crippen LogP contribution >= 0.6 is 23.4 Å². The fourth-order valence-corrected chi connectivity index (χ4v) is 6.56. The van der Waals surface area contributed by atoms with Gasteiger partial charge in [0.05, 0.1) is 23.2 Å². The van der Waals surface area contributed by atoms with E-state index >= 15 is 0 Å². The second-order valence-electron chi connectivity index (χ2n) is 9.27. The normalized spacial score (nSPS) is 17.5. The van der Waals surface area contributed by atoms with Crippen LogP contribution in [0.5, 0.6) is 0 Å². The van der Waals surface area contributed by atoms with Gasteiger partial charge in [-0.05, 0) is 42.3 Å². The number of carbonyl (C=O) groups is 1. The number of carbonyl (C=O) groups excluding carboxylic acids is 1. The molecule has 1 unspecified atom stereocenters. The SMILES string of the molecule is C=CC(=O)N1CCN(c2nc(=O)n3c4c(c(-c5ccc(F)c(Cl)c5)c(C)cc24)SCC(OCOC)C3)CC1. The fourth-order valence-electron chi connectivity index (χ4n) is 5.05. The predicted molar refractivity (Wildman–Crippen MR) is 148 cm³/mol. The molecular formula is C27H28ClFN4O4S. The Balaban J connectivity index is 1.69. The third-order valence-electron chi connectivity index (χ3n) is 6.89. The standard InChI is InChI=1S/C27H28ClFN4O4S/c1-4-22(34)31-7-9-32(10-8-31)26-19-11-16(2)23(17-5-6-21(29)20(28)12-17)25-24(19)33(27(35)30-26)13-18(14-38-25)37-15-36-3/h4-6,11-12,18H,1,7-10,13-15H2,2-3H3. The number of hydrogen-bond donors (Lipinski definition) is 0. The van der Waals surface area contributed by atoms with Crippen LogP contribution in [0.1, 0.15) is 5.56 Å². The highest BCUT2D eigenvalue weighted by molar-refractivity contribution is 7.99. The number of rotatable bonds is 6. The van der Waals surface area contributed by atoms with Crippen molar-refractivity contribution in [3.05, 3.63) is 63.8 Å². The average molecular weight is 559 g/mol. The summed E-state index contributed by atoms with van der Waals surface area (Å²) in [5, 5.41) is 0.881. The molecule has 11 heteroatoms. The van der Waals surface area contributed by atoms with E-state index in [2.05, 4.69) is 16.5 Å². The number of hydrogen-bond acceptors (Lipinski definition) is 7. The van der Waals surface area contributed by atoms with Crippen molar-refractivity contribution in [3.63, 3.8) is 0 Å². The van der Waals surface area contributed by atoms with Crippen molar-refractivity contribution < 1.29 is 18.7 Å². The minimum absolute atomic E-state index is 0.0360. The van der Waals surface area contributed by atoms with Gasteiger partial charge in [0, 0.05) is 54.9 Å². The summed E-state index contributed by atoms with van der Waals surface area (Å²) in [6, 6.07) is 6.71. The van der Waals surface area contributed by atoms with Crippen LogP contribution in [-0.2, 0) is 20.8 Å². The zero-order chi connectivity index (χ0) is 27.0. The van der Waals surface area contributed by atoms with Crippen LogP contribution in [0.15, 0.2) is 46.6 Å². The molecule has 8 nitrogen and oxygen atoms in total. The molecule has 0 bridgehead atoms. The first-order valence-electron chi connectivity index (χ1n) is 12.3. The number of benzene rings is 2. The smallest absolute Gasteiger partial charge is 0.350 e. The van der Waals surface area contributed by atoms with Crippen molar-refractivity contribution in [1.29, 1.82) is 0 Å². The van der Waals surface area contributed by atoms with Gasteiger partial charge in [-0.15, -0.1) is 11.8 Å². The second-order valence-corrected chi connectivity index (χ2v) is 10.7. The largest absolute Gasteiger partial charge is 0.359 e. The first kappa shape index (κ1) is 26.7. The Morgan fingerprint density at radius 1 is 1.29 bits per heavy atom. The zero-order valence-corrected chi connectivity index (χ0v) is 22.8. The van der Waals surface area contributed by atoms with E-state index < -0.39 is 5.82 Å². The predicted octanol–water partition coefficient (Wildman–Crippen LogP) is 4.09. The average Bonchev–Trinajstić information content (AvgIpc) is 3.11. The number of methoxy groups -OCH3 is 1. The molecule has 3 aromatic rings. The van der Waals surface area contributed by atoms with Gasteiger partial charge in [-0.25, -0.2) is 9.18 Å². The zero-order valence-electron chi connectivity index (χ0n) is 21.2. The molecule has 0 N–H and O–H groups in total. The van der Waals surface area contributed by atoms with Gasteiger partial charge in [0.2, 0.25) is 5.91 Å². The Hall–Kier alpha value is -2.92. The summed E-state index contributed by atoms with van der Waals surface area (Å²) < 4.78 is 26.7. The Labute approximate surface area is 229 Å². The maximum atomic E-state index is 14.0. The molecule has 38 heavy (non-hydrogen) atoms. The van der Waals surface area contributed by atoms with Crippen LogP contribution in [0, 0.1) is 12.7 Å². The second kappa shape index (κ2) is 11.1. The van der Waals surface area contributed by atoms with Gasteiger partial charge in [0.25, 0.3) is 0 Å². The van der Waals surface area contributed by atoms with Crippen LogP contribution in [0.25, 0.3) is 22.0 Å². The summed E-state index contributed by atoms with van der Waals surface area (Å²) in [6.07, 6.45) is 1.04. The summed E-state index contributed by atoms with van der Waals surface area (Å²) in [7, 11) is 1.56. The van der Waals surface area contributed by atoms with Crippen molar-refractivity contribution in [2.75, 3.05) is 50.7 Å². The molecule has 1 atom stereocenters. The molecule has 3 heterocycles. The van der Waals surface area contributed by atoms with Crippen LogP contribution in [0.2, 0.25) is 5.02 Å². The Morgan fingerprint density at radius 3 is 2.74 bits per heavy atom. The van der Waals surface area contributed by atoms with Crippen molar-refractivity contribution in [1.82, 2.24) is 14.5 Å². The molecule has 200 valence electrons. The van der Waals surface area contributed by atoms with E-state index in [0.717, 1.165) is 32.5 Å². The maximum absolute atomic E-state index is 14.0. The molecule has 2 aliphatic heterocycles. The summed E-state index contributed by atoms with van der Waals surface area (Å²) in [5.74, 6) is 0.584. The van der Waals surface area contributed by atoms with Gasteiger partial charge in [-0.3, -0.25) is 9.36 Å². The highest BCUT2D eigenvalue weighted by Gasteiger charge is 2.29. The van der Waals surface area contributed by atoms with E-state index in [0.29, 0.717) is 44.3 Å². The van der Waals surface area contributed by atoms with E-state index in [-0.39, 0.29) is 29.5 Å². The molecule has 2 aromatic carbocycles. The number of ether oxygens (including phenoxy) is 2. The number of amides is 1. The summed E-state index contributed by atoms with van der Waals surface area (Å²) in [5.41, 5.74) is 3.00. The monoisotopic (exact) mass is 558 g/mol. The minimum atomic E-state index is -0.488. The molecule has 2 aliphatic rings. The lowest BCUT2D eigenvalue weighted by atomic mass is 9.97. The molecule has 0 spiro atoms. The number of halogens is 2. The Bertz CT molecular complexity index is 1470. The van der Waals surface area contributed by atoms with Crippen LogP contribution in [-0.4, -0.2) is 72.3 Å². The molecule has 1 aromatic heterocycles. The van der Waals surface area contributed by atoms with Gasteiger partial charge >= 0.3 is 5.69 Å². The third-order valence-corrected chi connectivity index (χ3v) is 8.41. The lowest BCUT2D eigenvalue weighted by Crippen LogP contribution is -2.49. The first-order valence-corrected chi connectivity index (χ1v) is 13.6. The van der Waals surface area contributed by atoms with E-state index in [1.807, 2.05) is 13.0 Å². The van der Waals surface area contributed by atoms with Crippen molar-refractivity contribution in [2.45, 2.75) is 24.5 Å². The van der Waals surface area contributed by atoms with E-state index in [1.165, 1.54) is 12.1 Å². The van der Waals surface area contributed by atoms with Gasteiger partial charge in [0.15, 0.2) is 0 Å². The van der Waals surface area contributed by atoms with Gasteiger partial charge < -0.3 is 19.3 Å². The third kappa shape index (κ3) is 4.93. The van der Waals surface area contributed by atoms with Crippen LogP contribution in [0.3, 0.4) is 0 Å². The highest BCUT2D eigenvalue weighted by atomic mass is 35.5. The molecule has 0 radical (unpaired) electrons. The first-order chi connectivity index (χ1) is 18.3. The number of nitrogens with zero attached hydrogens (tertiary/aromatic N) is 4. The number of thioether (sulfide) groups is 1. The molecule has 5 rings (SSSR count). The van der Waals surface area contributed by atoms with E-state index in [1.54, 1.807) is 40.5 Å². The van der Waals surface area contributed by atoms with Crippen molar-refractivity contribution in [3.8, 4) is 11.1 Å². The van der Waals surface area contributed by atoms with Crippen molar-refractivity contribution >= 4 is 46.0 Å². The topological polar surface area (TPSA) is 76.9 Å². The summed E-state index contributed by atoms with van der Waals surface area (Å²) in [6.45, 7) is 8.11. The van der Waals surface area contributed by atoms with Crippen LogP contribution in [0.4, 0.5) is 10.2 Å². The van der Waals surface area contributed by atoms with E-state index in [4.69, 9.17) is 21.1 Å². The molecular weight excluding hydrogens is 531 g/mol. The molecule has 1 fully saturated rings. The number of anilines is 1. The fraction of sp³-hybridized carbons (Fsp3) is 0.370. The molecule has 1 amide bonds. The Kier molecular flexibility index (Phi) is 7.76. The lowest BCUT2D eigenvalue weighted by molar-refractivity contribution is -0.126. The lowest BCUT2D eigenvalue weighted by Gasteiger charge is -2.35. The Morgan fingerprint density at radius 2 is 2.05 bits per heavy atom. The number of piperazine rings is 1. The summed E-state index contributed by atoms with van der Waals surface area (Å²) in [4.78, 5) is 34.8. The maximum Gasteiger partial charge on any atom is 0.350 e.